The molecule has 0 unspecified atom stereocenters. The first-order chi connectivity index (χ1) is 11.7. The molecule has 7 nitrogen and oxygen atoms in total. The molecule has 24 heavy (non-hydrogen) atoms. The lowest BCUT2D eigenvalue weighted by atomic mass is 10.2. The molecule has 0 aliphatic carbocycles. The molecule has 130 valence electrons. The van der Waals surface area contributed by atoms with Crippen LogP contribution in [0.1, 0.15) is 6.92 Å². The third kappa shape index (κ3) is 3.62. The number of imide groups is 1. The number of hydrogen-bond donors (Lipinski definition) is 1. The highest BCUT2D eigenvalue weighted by Crippen LogP contribution is 2.28. The number of rotatable bonds is 5. The number of piperazine rings is 1. The maximum Gasteiger partial charge on any atom is 0.324 e. The van der Waals surface area contributed by atoms with Gasteiger partial charge in [0.05, 0.1) is 18.8 Å². The predicted molar refractivity (Wildman–Crippen MR) is 91.4 cm³/mol. The fraction of sp³-hybridized carbons (Fsp3) is 0.529. The van der Waals surface area contributed by atoms with Crippen LogP contribution in [0.4, 0.5) is 10.5 Å². The second-order valence-corrected chi connectivity index (χ2v) is 5.94. The number of nitrogens with zero attached hydrogens (tertiary/aromatic N) is 3. The fourth-order valence-electron chi connectivity index (χ4n) is 3.13. The summed E-state index contributed by atoms with van der Waals surface area (Å²) in [6, 6.07) is 7.77. The van der Waals surface area contributed by atoms with Crippen LogP contribution in [0.2, 0.25) is 0 Å². The summed E-state index contributed by atoms with van der Waals surface area (Å²) >= 11 is 0. The molecule has 1 aromatic carbocycles. The van der Waals surface area contributed by atoms with Crippen molar-refractivity contribution in [2.24, 2.45) is 0 Å². The van der Waals surface area contributed by atoms with Crippen molar-refractivity contribution in [2.45, 2.75) is 6.92 Å². The Morgan fingerprint density at radius 3 is 2.58 bits per heavy atom. The third-order valence-corrected chi connectivity index (χ3v) is 4.39. The molecule has 0 saturated carbocycles. The molecule has 2 fully saturated rings. The molecular weight excluding hydrogens is 308 g/mol. The number of ether oxygens (including phenoxy) is 1. The second-order valence-electron chi connectivity index (χ2n) is 5.94. The number of amides is 3. The average molecular weight is 332 g/mol. The van der Waals surface area contributed by atoms with E-state index in [1.54, 1.807) is 0 Å². The van der Waals surface area contributed by atoms with E-state index in [2.05, 4.69) is 21.2 Å². The molecule has 2 aliphatic heterocycles. The zero-order valence-electron chi connectivity index (χ0n) is 14.0. The molecule has 7 heteroatoms. The summed E-state index contributed by atoms with van der Waals surface area (Å²) in [7, 11) is 0. The van der Waals surface area contributed by atoms with Gasteiger partial charge in [-0.1, -0.05) is 12.1 Å². The largest absolute Gasteiger partial charge is 0.492 e. The molecule has 2 aliphatic rings. The standard InChI is InChI=1S/C17H24N4O3/c1-2-24-15-6-4-3-5-14(15)20-11-9-19(10-12-20)13-16(22)21-8-7-18-17(21)23/h3-6H,2,7-13H2,1H3,(H,18,23). The van der Waals surface area contributed by atoms with Crippen molar-refractivity contribution in [3.8, 4) is 5.75 Å². The minimum Gasteiger partial charge on any atom is -0.492 e. The van der Waals surface area contributed by atoms with Crippen LogP contribution in [0.3, 0.4) is 0 Å². The number of carbonyl (C=O) groups is 2. The molecule has 1 N–H and O–H groups in total. The lowest BCUT2D eigenvalue weighted by Gasteiger charge is -2.36. The number of nitrogens with one attached hydrogen (secondary N) is 1. The van der Waals surface area contributed by atoms with Gasteiger partial charge in [-0.25, -0.2) is 4.79 Å². The van der Waals surface area contributed by atoms with Crippen molar-refractivity contribution in [1.29, 1.82) is 0 Å². The summed E-state index contributed by atoms with van der Waals surface area (Å²) in [5, 5.41) is 2.66. The maximum atomic E-state index is 12.2. The van der Waals surface area contributed by atoms with Gasteiger partial charge in [-0.3, -0.25) is 14.6 Å². The smallest absolute Gasteiger partial charge is 0.324 e. The van der Waals surface area contributed by atoms with Gasteiger partial charge in [0, 0.05) is 39.3 Å². The minimum absolute atomic E-state index is 0.117. The Hall–Kier alpha value is -2.28. The summed E-state index contributed by atoms with van der Waals surface area (Å²) in [6.07, 6.45) is 0. The number of hydrogen-bond acceptors (Lipinski definition) is 5. The van der Waals surface area contributed by atoms with E-state index in [1.165, 1.54) is 4.90 Å². The van der Waals surface area contributed by atoms with Crippen LogP contribution in [0, 0.1) is 0 Å². The van der Waals surface area contributed by atoms with Crippen molar-refractivity contribution < 1.29 is 14.3 Å². The van der Waals surface area contributed by atoms with Crippen LogP contribution in [0.15, 0.2) is 24.3 Å². The Morgan fingerprint density at radius 1 is 1.17 bits per heavy atom. The molecule has 2 heterocycles. The Labute approximate surface area is 142 Å². The first-order valence-corrected chi connectivity index (χ1v) is 8.46. The van der Waals surface area contributed by atoms with E-state index in [-0.39, 0.29) is 11.9 Å². The van der Waals surface area contributed by atoms with E-state index in [0.717, 1.165) is 37.6 Å². The molecule has 0 spiro atoms. The third-order valence-electron chi connectivity index (χ3n) is 4.39. The molecule has 2 saturated heterocycles. The first-order valence-electron chi connectivity index (χ1n) is 8.46. The van der Waals surface area contributed by atoms with Crippen molar-refractivity contribution in [3.63, 3.8) is 0 Å². The normalized spacial score (nSPS) is 18.6. The van der Waals surface area contributed by atoms with Gasteiger partial charge < -0.3 is 15.0 Å². The molecule has 0 radical (unpaired) electrons. The number of benzene rings is 1. The van der Waals surface area contributed by atoms with Gasteiger partial charge in [0.15, 0.2) is 0 Å². The molecule has 0 atom stereocenters. The SMILES string of the molecule is CCOc1ccccc1N1CCN(CC(=O)N2CCNC2=O)CC1. The average Bonchev–Trinajstić information content (AvgIpc) is 3.03. The predicted octanol–water partition coefficient (Wildman–Crippen LogP) is 0.759. The zero-order chi connectivity index (χ0) is 16.9. The molecule has 3 amide bonds. The summed E-state index contributed by atoms with van der Waals surface area (Å²) < 4.78 is 5.70. The number of para-hydroxylation sites is 2. The summed E-state index contributed by atoms with van der Waals surface area (Å²) in [6.45, 7) is 7.20. The number of anilines is 1. The molecule has 0 aromatic heterocycles. The van der Waals surface area contributed by atoms with Gasteiger partial charge in [-0.15, -0.1) is 0 Å². The monoisotopic (exact) mass is 332 g/mol. The molecule has 3 rings (SSSR count). The number of carbonyl (C=O) groups excluding carboxylic acids is 2. The Kier molecular flexibility index (Phi) is 5.20. The van der Waals surface area contributed by atoms with Crippen LogP contribution in [0.5, 0.6) is 5.75 Å². The van der Waals surface area contributed by atoms with Gasteiger partial charge in [0.2, 0.25) is 5.91 Å². The molecular formula is C17H24N4O3. The highest BCUT2D eigenvalue weighted by atomic mass is 16.5. The Balaban J connectivity index is 1.54. The number of urea groups is 1. The summed E-state index contributed by atoms with van der Waals surface area (Å²) in [5.74, 6) is 0.784. The maximum absolute atomic E-state index is 12.2. The highest BCUT2D eigenvalue weighted by Gasteiger charge is 2.28. The van der Waals surface area contributed by atoms with Gasteiger partial charge in [-0.05, 0) is 19.1 Å². The highest BCUT2D eigenvalue weighted by molar-refractivity contribution is 5.96. The quantitative estimate of drug-likeness (QED) is 0.862. The summed E-state index contributed by atoms with van der Waals surface area (Å²) in [5.41, 5.74) is 1.10. The lowest BCUT2D eigenvalue weighted by Crippen LogP contribution is -2.50. The first kappa shape index (κ1) is 16.6. The Bertz CT molecular complexity index is 599. The van der Waals surface area contributed by atoms with Crippen LogP contribution in [-0.2, 0) is 4.79 Å². The van der Waals surface area contributed by atoms with Crippen molar-refractivity contribution in [3.05, 3.63) is 24.3 Å². The second kappa shape index (κ2) is 7.53. The molecule has 1 aromatic rings. The van der Waals surface area contributed by atoms with E-state index < -0.39 is 0 Å². The van der Waals surface area contributed by atoms with Crippen molar-refractivity contribution in [1.82, 2.24) is 15.1 Å². The zero-order valence-corrected chi connectivity index (χ0v) is 14.0. The van der Waals surface area contributed by atoms with Crippen molar-refractivity contribution >= 4 is 17.6 Å². The van der Waals surface area contributed by atoms with Crippen LogP contribution in [-0.4, -0.2) is 74.2 Å². The van der Waals surface area contributed by atoms with E-state index in [0.29, 0.717) is 26.2 Å². The fourth-order valence-corrected chi connectivity index (χ4v) is 3.13. The summed E-state index contributed by atoms with van der Waals surface area (Å²) in [4.78, 5) is 29.4. The van der Waals surface area contributed by atoms with E-state index in [9.17, 15) is 9.59 Å². The van der Waals surface area contributed by atoms with Crippen LogP contribution >= 0.6 is 0 Å². The van der Waals surface area contributed by atoms with Gasteiger partial charge in [-0.2, -0.15) is 0 Å². The van der Waals surface area contributed by atoms with E-state index >= 15 is 0 Å². The van der Waals surface area contributed by atoms with Gasteiger partial charge in [0.25, 0.3) is 0 Å². The Morgan fingerprint density at radius 2 is 1.92 bits per heavy atom. The topological polar surface area (TPSA) is 65.1 Å². The van der Waals surface area contributed by atoms with E-state index in [1.807, 2.05) is 25.1 Å². The molecule has 0 bridgehead atoms. The van der Waals surface area contributed by atoms with Crippen molar-refractivity contribution in [2.75, 3.05) is 57.3 Å². The lowest BCUT2D eigenvalue weighted by molar-refractivity contribution is -0.128. The minimum atomic E-state index is -0.274. The van der Waals surface area contributed by atoms with E-state index in [4.69, 9.17) is 4.74 Å². The van der Waals surface area contributed by atoms with Crippen LogP contribution < -0.4 is 15.0 Å². The van der Waals surface area contributed by atoms with Crippen LogP contribution in [0.25, 0.3) is 0 Å². The van der Waals surface area contributed by atoms with Gasteiger partial charge in [0.1, 0.15) is 5.75 Å². The van der Waals surface area contributed by atoms with Gasteiger partial charge >= 0.3 is 6.03 Å².